The summed E-state index contributed by atoms with van der Waals surface area (Å²) in [6.07, 6.45) is -0.477. The van der Waals surface area contributed by atoms with Crippen molar-refractivity contribution < 1.29 is 14.6 Å². The zero-order valence-corrected chi connectivity index (χ0v) is 18.4. The number of benzene rings is 1. The summed E-state index contributed by atoms with van der Waals surface area (Å²) >= 11 is 0. The normalized spacial score (nSPS) is 17.8. The molecular formula is C22H38N4O3. The van der Waals surface area contributed by atoms with Crippen LogP contribution in [0.4, 0.5) is 0 Å². The van der Waals surface area contributed by atoms with Crippen LogP contribution in [0, 0.1) is 5.92 Å². The quantitative estimate of drug-likeness (QED) is 0.408. The molecule has 2 rings (SSSR count). The number of hydrogen-bond acceptors (Lipinski definition) is 5. The van der Waals surface area contributed by atoms with E-state index < -0.39 is 6.10 Å². The molecule has 1 saturated heterocycles. The maximum atomic E-state index is 10.5. The molecule has 1 aliphatic rings. The number of rotatable bonds is 10. The SMILES string of the molecule is CCNC(=NCC(C)CN1CCOCC1)NCC(O)c1ccc(OC(C)C)cc1. The van der Waals surface area contributed by atoms with Gasteiger partial charge in [-0.25, -0.2) is 0 Å². The molecule has 2 unspecified atom stereocenters. The third kappa shape index (κ3) is 9.02. The van der Waals surface area contributed by atoms with Gasteiger partial charge in [0, 0.05) is 39.3 Å². The van der Waals surface area contributed by atoms with Crippen LogP contribution in [0.1, 0.15) is 39.4 Å². The number of aliphatic imine (C=N–C) groups is 1. The van der Waals surface area contributed by atoms with E-state index >= 15 is 0 Å². The average Bonchev–Trinajstić information content (AvgIpc) is 2.70. The third-order valence-electron chi connectivity index (χ3n) is 4.68. The zero-order chi connectivity index (χ0) is 21.1. The van der Waals surface area contributed by atoms with E-state index in [9.17, 15) is 5.11 Å². The predicted molar refractivity (Wildman–Crippen MR) is 118 cm³/mol. The molecular weight excluding hydrogens is 368 g/mol. The second-order valence-electron chi connectivity index (χ2n) is 7.87. The summed E-state index contributed by atoms with van der Waals surface area (Å²) < 4.78 is 11.1. The monoisotopic (exact) mass is 406 g/mol. The van der Waals surface area contributed by atoms with Gasteiger partial charge in [0.1, 0.15) is 5.75 Å². The van der Waals surface area contributed by atoms with Crippen LogP contribution in [0.15, 0.2) is 29.3 Å². The summed E-state index contributed by atoms with van der Waals surface area (Å²) in [4.78, 5) is 7.13. The summed E-state index contributed by atoms with van der Waals surface area (Å²) in [7, 11) is 0. The number of hydrogen-bond donors (Lipinski definition) is 3. The van der Waals surface area contributed by atoms with Crippen LogP contribution < -0.4 is 15.4 Å². The van der Waals surface area contributed by atoms with Crippen molar-refractivity contribution in [2.75, 3.05) is 52.5 Å². The Morgan fingerprint density at radius 2 is 1.86 bits per heavy atom. The Hall–Kier alpha value is -1.83. The van der Waals surface area contributed by atoms with Crippen molar-refractivity contribution >= 4 is 5.96 Å². The van der Waals surface area contributed by atoms with Crippen molar-refractivity contribution in [2.24, 2.45) is 10.9 Å². The maximum absolute atomic E-state index is 10.5. The molecule has 0 aliphatic carbocycles. The van der Waals surface area contributed by atoms with Gasteiger partial charge in [0.25, 0.3) is 0 Å². The largest absolute Gasteiger partial charge is 0.491 e. The van der Waals surface area contributed by atoms with Crippen LogP contribution >= 0.6 is 0 Å². The van der Waals surface area contributed by atoms with Crippen LogP contribution in [-0.2, 0) is 4.74 Å². The summed E-state index contributed by atoms with van der Waals surface area (Å²) in [5.41, 5.74) is 0.852. The summed E-state index contributed by atoms with van der Waals surface area (Å²) in [6, 6.07) is 7.59. The van der Waals surface area contributed by atoms with E-state index in [4.69, 9.17) is 14.5 Å². The number of aliphatic hydroxyl groups excluding tert-OH is 1. The maximum Gasteiger partial charge on any atom is 0.191 e. The predicted octanol–water partition coefficient (Wildman–Crippen LogP) is 2.03. The van der Waals surface area contributed by atoms with Gasteiger partial charge in [-0.2, -0.15) is 0 Å². The van der Waals surface area contributed by atoms with Crippen LogP contribution in [0.2, 0.25) is 0 Å². The Morgan fingerprint density at radius 1 is 1.17 bits per heavy atom. The van der Waals surface area contributed by atoms with Gasteiger partial charge in [-0.3, -0.25) is 9.89 Å². The molecule has 3 N–H and O–H groups in total. The average molecular weight is 407 g/mol. The molecule has 0 bridgehead atoms. The van der Waals surface area contributed by atoms with Gasteiger partial charge >= 0.3 is 0 Å². The Kier molecular flexibility index (Phi) is 10.2. The minimum atomic E-state index is -0.613. The summed E-state index contributed by atoms with van der Waals surface area (Å²) in [6.45, 7) is 14.8. The molecule has 164 valence electrons. The molecule has 0 amide bonds. The van der Waals surface area contributed by atoms with Gasteiger partial charge in [0.2, 0.25) is 0 Å². The van der Waals surface area contributed by atoms with Gasteiger partial charge in [-0.05, 0) is 44.4 Å². The number of nitrogens with zero attached hydrogens (tertiary/aromatic N) is 2. The van der Waals surface area contributed by atoms with Gasteiger partial charge < -0.3 is 25.2 Å². The van der Waals surface area contributed by atoms with Gasteiger partial charge in [-0.1, -0.05) is 19.1 Å². The van der Waals surface area contributed by atoms with Crippen molar-refractivity contribution in [3.05, 3.63) is 29.8 Å². The zero-order valence-electron chi connectivity index (χ0n) is 18.4. The molecule has 2 atom stereocenters. The number of guanidine groups is 1. The number of aliphatic hydroxyl groups is 1. The summed E-state index contributed by atoms with van der Waals surface area (Å²) in [5, 5.41) is 17.0. The van der Waals surface area contributed by atoms with Gasteiger partial charge in [0.05, 0.1) is 25.4 Å². The minimum Gasteiger partial charge on any atom is -0.491 e. The molecule has 0 saturated carbocycles. The molecule has 0 aromatic heterocycles. The molecule has 1 aromatic carbocycles. The molecule has 1 aliphatic heterocycles. The second kappa shape index (κ2) is 12.7. The highest BCUT2D eigenvalue weighted by Gasteiger charge is 2.14. The first-order chi connectivity index (χ1) is 14.0. The van der Waals surface area contributed by atoms with Crippen molar-refractivity contribution in [1.82, 2.24) is 15.5 Å². The van der Waals surface area contributed by atoms with E-state index in [0.29, 0.717) is 12.5 Å². The lowest BCUT2D eigenvalue weighted by molar-refractivity contribution is 0.0323. The molecule has 1 aromatic rings. The minimum absolute atomic E-state index is 0.136. The lowest BCUT2D eigenvalue weighted by Gasteiger charge is -2.28. The molecule has 0 radical (unpaired) electrons. The van der Waals surface area contributed by atoms with E-state index in [0.717, 1.165) is 63.2 Å². The third-order valence-corrected chi connectivity index (χ3v) is 4.68. The number of nitrogens with one attached hydrogen (secondary N) is 2. The lowest BCUT2D eigenvalue weighted by Crippen LogP contribution is -2.41. The lowest BCUT2D eigenvalue weighted by atomic mass is 10.1. The van der Waals surface area contributed by atoms with Crippen molar-refractivity contribution in [2.45, 2.75) is 39.9 Å². The molecule has 0 spiro atoms. The van der Waals surface area contributed by atoms with Crippen LogP contribution in [-0.4, -0.2) is 74.6 Å². The first kappa shape index (κ1) is 23.4. The topological polar surface area (TPSA) is 78.4 Å². The van der Waals surface area contributed by atoms with Crippen LogP contribution in [0.25, 0.3) is 0 Å². The Labute approximate surface area is 175 Å². The first-order valence-corrected chi connectivity index (χ1v) is 10.7. The van der Waals surface area contributed by atoms with E-state index in [1.54, 1.807) is 0 Å². The fraction of sp³-hybridized carbons (Fsp3) is 0.682. The number of morpholine rings is 1. The molecule has 29 heavy (non-hydrogen) atoms. The Morgan fingerprint density at radius 3 is 2.48 bits per heavy atom. The van der Waals surface area contributed by atoms with E-state index in [1.165, 1.54) is 0 Å². The van der Waals surface area contributed by atoms with Gasteiger partial charge in [-0.15, -0.1) is 0 Å². The van der Waals surface area contributed by atoms with E-state index in [1.807, 2.05) is 45.0 Å². The Balaban J connectivity index is 1.81. The van der Waals surface area contributed by atoms with E-state index in [-0.39, 0.29) is 6.10 Å². The molecule has 7 heteroatoms. The number of ether oxygens (including phenoxy) is 2. The molecule has 7 nitrogen and oxygen atoms in total. The van der Waals surface area contributed by atoms with E-state index in [2.05, 4.69) is 22.5 Å². The molecule has 1 fully saturated rings. The standard InChI is InChI=1S/C22H38N4O3/c1-5-23-22(24-14-18(4)16-26-10-12-28-13-11-26)25-15-21(27)19-6-8-20(9-7-19)29-17(2)3/h6-9,17-18,21,27H,5,10-16H2,1-4H3,(H2,23,24,25). The van der Waals surface area contributed by atoms with Crippen LogP contribution in [0.3, 0.4) is 0 Å². The van der Waals surface area contributed by atoms with Crippen molar-refractivity contribution in [1.29, 1.82) is 0 Å². The fourth-order valence-electron chi connectivity index (χ4n) is 3.22. The van der Waals surface area contributed by atoms with Crippen LogP contribution in [0.5, 0.6) is 5.75 Å². The first-order valence-electron chi connectivity index (χ1n) is 10.7. The van der Waals surface area contributed by atoms with Gasteiger partial charge in [0.15, 0.2) is 5.96 Å². The molecule has 1 heterocycles. The fourth-order valence-corrected chi connectivity index (χ4v) is 3.22. The van der Waals surface area contributed by atoms with Crippen molar-refractivity contribution in [3.8, 4) is 5.75 Å². The highest BCUT2D eigenvalue weighted by molar-refractivity contribution is 5.79. The summed E-state index contributed by atoms with van der Waals surface area (Å²) in [5.74, 6) is 2.01. The second-order valence-corrected chi connectivity index (χ2v) is 7.87. The van der Waals surface area contributed by atoms with Crippen molar-refractivity contribution in [3.63, 3.8) is 0 Å². The smallest absolute Gasteiger partial charge is 0.191 e. The Bertz CT molecular complexity index is 601. The highest BCUT2D eigenvalue weighted by atomic mass is 16.5. The highest BCUT2D eigenvalue weighted by Crippen LogP contribution is 2.18.